The van der Waals surface area contributed by atoms with Gasteiger partial charge >= 0.3 is 7.12 Å². The lowest BCUT2D eigenvalue weighted by Crippen LogP contribution is -2.41. The number of benzene rings is 1. The Kier molecular flexibility index (Phi) is 5.48. The van der Waals surface area contributed by atoms with Crippen molar-refractivity contribution in [2.24, 2.45) is 0 Å². The van der Waals surface area contributed by atoms with Crippen LogP contribution in [0.2, 0.25) is 0 Å². The molecule has 0 aromatic heterocycles. The zero-order valence-electron chi connectivity index (χ0n) is 16.5. The number of likely N-dealkylation sites (tertiary alicyclic amines) is 1. The fourth-order valence-corrected chi connectivity index (χ4v) is 3.54. The van der Waals surface area contributed by atoms with Gasteiger partial charge in [0.05, 0.1) is 23.4 Å². The number of methoxy groups -OCH3 is 2. The maximum atomic E-state index is 14.0. The van der Waals surface area contributed by atoms with Crippen LogP contribution in [-0.4, -0.2) is 62.7 Å². The summed E-state index contributed by atoms with van der Waals surface area (Å²) in [6.07, 6.45) is 0.0847. The van der Waals surface area contributed by atoms with Crippen LogP contribution in [0.3, 0.4) is 0 Å². The molecule has 0 bridgehead atoms. The minimum absolute atomic E-state index is 0.0424. The van der Waals surface area contributed by atoms with Gasteiger partial charge in [0.2, 0.25) is 0 Å². The Bertz CT molecular complexity index is 626. The van der Waals surface area contributed by atoms with Crippen molar-refractivity contribution in [3.05, 3.63) is 29.6 Å². The molecule has 2 aliphatic rings. The minimum Gasteiger partial charge on any atom is -0.399 e. The van der Waals surface area contributed by atoms with Crippen molar-refractivity contribution < 1.29 is 23.2 Å². The van der Waals surface area contributed by atoms with Crippen molar-refractivity contribution >= 4 is 12.6 Å². The molecule has 5 nitrogen and oxygen atoms in total. The molecule has 26 heavy (non-hydrogen) atoms. The third-order valence-corrected chi connectivity index (χ3v) is 5.91. The molecule has 1 aromatic carbocycles. The summed E-state index contributed by atoms with van der Waals surface area (Å²) in [5, 5.41) is 0. The first kappa shape index (κ1) is 19.8. The SMILES string of the molecule is COC1CN(Cc2ccc(F)cc2B2OC(C)(C)C(C)(C)O2)CC1OC. The first-order valence-electron chi connectivity index (χ1n) is 9.09. The second-order valence-electron chi connectivity index (χ2n) is 8.17. The molecular weight excluding hydrogens is 336 g/mol. The molecule has 2 unspecified atom stereocenters. The molecule has 2 aliphatic heterocycles. The van der Waals surface area contributed by atoms with Gasteiger partial charge in [0, 0.05) is 33.9 Å². The highest BCUT2D eigenvalue weighted by Crippen LogP contribution is 2.36. The van der Waals surface area contributed by atoms with Gasteiger partial charge in [-0.25, -0.2) is 4.39 Å². The molecule has 0 radical (unpaired) electrons. The molecular formula is C19H29BFNO4. The van der Waals surface area contributed by atoms with E-state index in [1.165, 1.54) is 12.1 Å². The average molecular weight is 365 g/mol. The van der Waals surface area contributed by atoms with Gasteiger partial charge in [-0.05, 0) is 50.9 Å². The molecule has 7 heteroatoms. The fraction of sp³-hybridized carbons (Fsp3) is 0.684. The Hall–Kier alpha value is -0.985. The Morgan fingerprint density at radius 1 is 1.08 bits per heavy atom. The lowest BCUT2D eigenvalue weighted by molar-refractivity contribution is -0.00461. The Morgan fingerprint density at radius 3 is 2.12 bits per heavy atom. The van der Waals surface area contributed by atoms with E-state index in [9.17, 15) is 4.39 Å². The highest BCUT2D eigenvalue weighted by molar-refractivity contribution is 6.62. The van der Waals surface area contributed by atoms with Crippen LogP contribution in [0.5, 0.6) is 0 Å². The second-order valence-corrected chi connectivity index (χ2v) is 8.17. The van der Waals surface area contributed by atoms with Gasteiger partial charge < -0.3 is 18.8 Å². The predicted molar refractivity (Wildman–Crippen MR) is 99.0 cm³/mol. The van der Waals surface area contributed by atoms with Crippen molar-refractivity contribution in [1.29, 1.82) is 0 Å². The lowest BCUT2D eigenvalue weighted by Gasteiger charge is -2.32. The van der Waals surface area contributed by atoms with E-state index in [2.05, 4.69) is 4.90 Å². The van der Waals surface area contributed by atoms with E-state index in [-0.39, 0.29) is 18.0 Å². The molecule has 0 N–H and O–H groups in total. The van der Waals surface area contributed by atoms with Gasteiger partial charge in [-0.1, -0.05) is 6.07 Å². The van der Waals surface area contributed by atoms with E-state index in [1.54, 1.807) is 14.2 Å². The van der Waals surface area contributed by atoms with E-state index >= 15 is 0 Å². The topological polar surface area (TPSA) is 40.2 Å². The van der Waals surface area contributed by atoms with Crippen LogP contribution in [-0.2, 0) is 25.3 Å². The number of halogens is 1. The van der Waals surface area contributed by atoms with Crippen LogP contribution < -0.4 is 5.46 Å². The maximum Gasteiger partial charge on any atom is 0.495 e. The van der Waals surface area contributed by atoms with E-state index in [4.69, 9.17) is 18.8 Å². The molecule has 2 saturated heterocycles. The van der Waals surface area contributed by atoms with Crippen LogP contribution in [0, 0.1) is 5.82 Å². The normalized spacial score (nSPS) is 28.0. The van der Waals surface area contributed by atoms with E-state index in [0.29, 0.717) is 6.54 Å². The largest absolute Gasteiger partial charge is 0.495 e. The van der Waals surface area contributed by atoms with Gasteiger partial charge in [0.15, 0.2) is 0 Å². The van der Waals surface area contributed by atoms with Crippen LogP contribution in [0.1, 0.15) is 33.3 Å². The van der Waals surface area contributed by atoms with Gasteiger partial charge in [-0.3, -0.25) is 4.90 Å². The Morgan fingerprint density at radius 2 is 1.62 bits per heavy atom. The standard InChI is InChI=1S/C19H29BFNO4/c1-18(2)19(3,4)26-20(25-18)15-9-14(21)8-7-13(15)10-22-11-16(23-5)17(12-22)24-6/h7-9,16-17H,10-12H2,1-6H3. The number of ether oxygens (including phenoxy) is 2. The second kappa shape index (κ2) is 7.21. The number of nitrogens with zero attached hydrogens (tertiary/aromatic N) is 1. The van der Waals surface area contributed by atoms with E-state index < -0.39 is 18.3 Å². The highest BCUT2D eigenvalue weighted by atomic mass is 19.1. The van der Waals surface area contributed by atoms with Gasteiger partial charge in [0.25, 0.3) is 0 Å². The zero-order valence-corrected chi connectivity index (χ0v) is 16.5. The summed E-state index contributed by atoms with van der Waals surface area (Å²) in [6.45, 7) is 10.2. The smallest absolute Gasteiger partial charge is 0.399 e. The average Bonchev–Trinajstić information content (AvgIpc) is 3.06. The third kappa shape index (κ3) is 3.69. The summed E-state index contributed by atoms with van der Waals surface area (Å²) >= 11 is 0. The van der Waals surface area contributed by atoms with E-state index in [0.717, 1.165) is 24.1 Å². The number of rotatable bonds is 5. The van der Waals surface area contributed by atoms with Crippen molar-refractivity contribution in [2.45, 2.75) is 57.6 Å². The molecule has 2 fully saturated rings. The Balaban J connectivity index is 1.82. The highest BCUT2D eigenvalue weighted by Gasteiger charge is 2.52. The van der Waals surface area contributed by atoms with Gasteiger partial charge in [0.1, 0.15) is 5.82 Å². The molecule has 2 atom stereocenters. The number of hydrogen-bond acceptors (Lipinski definition) is 5. The number of hydrogen-bond donors (Lipinski definition) is 0. The fourth-order valence-electron chi connectivity index (χ4n) is 3.54. The van der Waals surface area contributed by atoms with Crippen molar-refractivity contribution in [2.75, 3.05) is 27.3 Å². The molecule has 0 saturated carbocycles. The minimum atomic E-state index is -0.579. The molecule has 0 aliphatic carbocycles. The maximum absolute atomic E-state index is 14.0. The first-order valence-corrected chi connectivity index (χ1v) is 9.09. The molecule has 0 amide bonds. The van der Waals surface area contributed by atoms with Crippen LogP contribution >= 0.6 is 0 Å². The lowest BCUT2D eigenvalue weighted by atomic mass is 9.75. The summed E-state index contributed by atoms with van der Waals surface area (Å²) in [4.78, 5) is 2.25. The molecule has 1 aromatic rings. The molecule has 144 valence electrons. The van der Waals surface area contributed by atoms with Crippen LogP contribution in [0.25, 0.3) is 0 Å². The third-order valence-electron chi connectivity index (χ3n) is 5.91. The van der Waals surface area contributed by atoms with E-state index in [1.807, 2.05) is 33.8 Å². The zero-order chi connectivity index (χ0) is 19.1. The molecule has 3 rings (SSSR count). The predicted octanol–water partition coefficient (Wildman–Crippen LogP) is 1.97. The van der Waals surface area contributed by atoms with Crippen LogP contribution in [0.4, 0.5) is 4.39 Å². The summed E-state index contributed by atoms with van der Waals surface area (Å²) in [5.74, 6) is -0.288. The molecule has 2 heterocycles. The first-order chi connectivity index (χ1) is 12.2. The van der Waals surface area contributed by atoms with Crippen LogP contribution in [0.15, 0.2) is 18.2 Å². The summed E-state index contributed by atoms with van der Waals surface area (Å²) < 4.78 is 37.3. The summed E-state index contributed by atoms with van der Waals surface area (Å²) in [6, 6.07) is 4.83. The Labute approximate surface area is 155 Å². The van der Waals surface area contributed by atoms with Crippen molar-refractivity contribution in [3.8, 4) is 0 Å². The molecule has 0 spiro atoms. The quantitative estimate of drug-likeness (QED) is 0.747. The van der Waals surface area contributed by atoms with Crippen molar-refractivity contribution in [3.63, 3.8) is 0 Å². The van der Waals surface area contributed by atoms with Gasteiger partial charge in [-0.15, -0.1) is 0 Å². The van der Waals surface area contributed by atoms with Crippen molar-refractivity contribution in [1.82, 2.24) is 4.90 Å². The summed E-state index contributed by atoms with van der Waals surface area (Å²) in [5.41, 5.74) is 0.823. The van der Waals surface area contributed by atoms with Gasteiger partial charge in [-0.2, -0.15) is 0 Å². The summed E-state index contributed by atoms with van der Waals surface area (Å²) in [7, 11) is 2.83. The monoisotopic (exact) mass is 365 g/mol.